The predicted molar refractivity (Wildman–Crippen MR) is 68.5 cm³/mol. The van der Waals surface area contributed by atoms with Crippen molar-refractivity contribution < 1.29 is 4.79 Å². The molecule has 6 nitrogen and oxygen atoms in total. The van der Waals surface area contributed by atoms with Crippen molar-refractivity contribution in [2.45, 2.75) is 6.92 Å². The van der Waals surface area contributed by atoms with Gasteiger partial charge in [-0.2, -0.15) is 0 Å². The molecule has 2 heterocycles. The Kier molecular flexibility index (Phi) is 3.47. The van der Waals surface area contributed by atoms with Crippen LogP contribution in [0.15, 0.2) is 30.6 Å². The topological polar surface area (TPSA) is 79.8 Å². The molecule has 0 spiro atoms. The average Bonchev–Trinajstić information content (AvgIpc) is 2.41. The van der Waals surface area contributed by atoms with Gasteiger partial charge in [0, 0.05) is 13.2 Å². The van der Waals surface area contributed by atoms with Gasteiger partial charge in [0.05, 0.1) is 11.9 Å². The van der Waals surface area contributed by atoms with Crippen LogP contribution >= 0.6 is 0 Å². The molecular formula is C12H13N5O. The largest absolute Gasteiger partial charge is 0.372 e. The number of aromatic nitrogens is 3. The highest BCUT2D eigenvalue weighted by molar-refractivity contribution is 6.03. The lowest BCUT2D eigenvalue weighted by atomic mass is 10.2. The van der Waals surface area contributed by atoms with E-state index in [2.05, 4.69) is 25.8 Å². The van der Waals surface area contributed by atoms with Gasteiger partial charge in [-0.25, -0.2) is 0 Å². The minimum Gasteiger partial charge on any atom is -0.372 e. The number of nitrogens with one attached hydrogen (secondary N) is 2. The predicted octanol–water partition coefficient (Wildman–Crippen LogP) is 1.47. The van der Waals surface area contributed by atoms with Gasteiger partial charge in [-0.3, -0.25) is 9.78 Å². The summed E-state index contributed by atoms with van der Waals surface area (Å²) in [6.45, 7) is 1.90. The van der Waals surface area contributed by atoms with E-state index in [0.717, 1.165) is 5.56 Å². The Balaban J connectivity index is 2.14. The molecule has 0 atom stereocenters. The van der Waals surface area contributed by atoms with Crippen LogP contribution in [0.25, 0.3) is 0 Å². The lowest BCUT2D eigenvalue weighted by Gasteiger charge is -2.06. The molecule has 0 bridgehead atoms. The number of carbonyl (C=O) groups excluding carboxylic acids is 1. The number of hydrogen-bond donors (Lipinski definition) is 2. The Bertz CT molecular complexity index is 553. The van der Waals surface area contributed by atoms with Crippen molar-refractivity contribution in [3.8, 4) is 0 Å². The second-order valence-electron chi connectivity index (χ2n) is 3.70. The Morgan fingerprint density at radius 1 is 1.22 bits per heavy atom. The maximum absolute atomic E-state index is 11.9. The van der Waals surface area contributed by atoms with Crippen molar-refractivity contribution in [1.82, 2.24) is 15.2 Å². The highest BCUT2D eigenvalue weighted by Gasteiger charge is 2.09. The van der Waals surface area contributed by atoms with Crippen LogP contribution in [-0.2, 0) is 0 Å². The van der Waals surface area contributed by atoms with Crippen LogP contribution in [0.2, 0.25) is 0 Å². The van der Waals surface area contributed by atoms with E-state index in [1.54, 1.807) is 31.6 Å². The van der Waals surface area contributed by atoms with Gasteiger partial charge in [0.15, 0.2) is 5.69 Å². The van der Waals surface area contributed by atoms with E-state index in [1.807, 2.05) is 13.0 Å². The van der Waals surface area contributed by atoms with Crippen LogP contribution in [0.4, 0.5) is 11.5 Å². The molecule has 0 radical (unpaired) electrons. The van der Waals surface area contributed by atoms with E-state index in [4.69, 9.17) is 0 Å². The number of amides is 1. The van der Waals surface area contributed by atoms with Gasteiger partial charge in [-0.15, -0.1) is 10.2 Å². The summed E-state index contributed by atoms with van der Waals surface area (Å²) >= 11 is 0. The number of hydrogen-bond acceptors (Lipinski definition) is 5. The number of nitrogens with zero attached hydrogens (tertiary/aromatic N) is 3. The smallest absolute Gasteiger partial charge is 0.276 e. The zero-order valence-electron chi connectivity index (χ0n) is 10.1. The van der Waals surface area contributed by atoms with Crippen LogP contribution in [0.3, 0.4) is 0 Å². The summed E-state index contributed by atoms with van der Waals surface area (Å²) in [5.41, 5.74) is 1.87. The third-order valence-corrected chi connectivity index (χ3v) is 2.44. The number of pyridine rings is 1. The zero-order chi connectivity index (χ0) is 13.0. The summed E-state index contributed by atoms with van der Waals surface area (Å²) in [6.07, 6.45) is 3.27. The van der Waals surface area contributed by atoms with E-state index in [-0.39, 0.29) is 11.6 Å². The first-order chi connectivity index (χ1) is 8.70. The zero-order valence-corrected chi connectivity index (χ0v) is 10.1. The fourth-order valence-corrected chi connectivity index (χ4v) is 1.37. The first-order valence-electron chi connectivity index (χ1n) is 5.44. The first kappa shape index (κ1) is 12.0. The summed E-state index contributed by atoms with van der Waals surface area (Å²) in [5, 5.41) is 13.3. The SMILES string of the molecule is CNc1ccc(C(=O)Nc2cnccc2C)nn1. The van der Waals surface area contributed by atoms with E-state index in [1.165, 1.54) is 0 Å². The van der Waals surface area contributed by atoms with Crippen LogP contribution in [0.5, 0.6) is 0 Å². The quantitative estimate of drug-likeness (QED) is 0.853. The molecule has 0 unspecified atom stereocenters. The molecule has 0 saturated heterocycles. The molecule has 6 heteroatoms. The van der Waals surface area contributed by atoms with Gasteiger partial charge >= 0.3 is 0 Å². The molecule has 18 heavy (non-hydrogen) atoms. The van der Waals surface area contributed by atoms with E-state index >= 15 is 0 Å². The highest BCUT2D eigenvalue weighted by Crippen LogP contribution is 2.12. The second kappa shape index (κ2) is 5.22. The average molecular weight is 243 g/mol. The van der Waals surface area contributed by atoms with Crippen LogP contribution in [0, 0.1) is 6.92 Å². The van der Waals surface area contributed by atoms with Gasteiger partial charge < -0.3 is 10.6 Å². The number of aryl methyl sites for hydroxylation is 1. The Hall–Kier alpha value is -2.50. The maximum Gasteiger partial charge on any atom is 0.276 e. The minimum absolute atomic E-state index is 0.261. The Morgan fingerprint density at radius 2 is 2.06 bits per heavy atom. The van der Waals surface area contributed by atoms with Crippen molar-refractivity contribution >= 4 is 17.4 Å². The van der Waals surface area contributed by atoms with E-state index in [0.29, 0.717) is 11.5 Å². The van der Waals surface area contributed by atoms with Crippen molar-refractivity contribution in [3.05, 3.63) is 41.9 Å². The lowest BCUT2D eigenvalue weighted by molar-refractivity contribution is 0.102. The Labute approximate surface area is 104 Å². The van der Waals surface area contributed by atoms with Gasteiger partial charge in [-0.1, -0.05) is 0 Å². The lowest BCUT2D eigenvalue weighted by Crippen LogP contribution is -2.15. The highest BCUT2D eigenvalue weighted by atomic mass is 16.1. The summed E-state index contributed by atoms with van der Waals surface area (Å²) in [6, 6.07) is 5.13. The molecule has 1 amide bonds. The van der Waals surface area contributed by atoms with E-state index < -0.39 is 0 Å². The summed E-state index contributed by atoms with van der Waals surface area (Å²) < 4.78 is 0. The van der Waals surface area contributed by atoms with Gasteiger partial charge in [0.2, 0.25) is 0 Å². The second-order valence-corrected chi connectivity index (χ2v) is 3.70. The standard InChI is InChI=1S/C12H13N5O/c1-8-5-6-14-7-10(8)15-12(18)9-3-4-11(13-2)17-16-9/h3-7H,1-2H3,(H,13,17)(H,15,18). The molecule has 2 rings (SSSR count). The van der Waals surface area contributed by atoms with Gasteiger partial charge in [0.1, 0.15) is 5.82 Å². The van der Waals surface area contributed by atoms with Crippen molar-refractivity contribution in [2.24, 2.45) is 0 Å². The number of rotatable bonds is 3. The Morgan fingerprint density at radius 3 is 2.67 bits per heavy atom. The molecule has 2 N–H and O–H groups in total. The molecule has 92 valence electrons. The van der Waals surface area contributed by atoms with Crippen LogP contribution in [-0.4, -0.2) is 28.1 Å². The van der Waals surface area contributed by atoms with Gasteiger partial charge in [0.25, 0.3) is 5.91 Å². The number of carbonyl (C=O) groups is 1. The molecule has 0 aromatic carbocycles. The first-order valence-corrected chi connectivity index (χ1v) is 5.44. The molecule has 2 aromatic heterocycles. The molecular weight excluding hydrogens is 230 g/mol. The van der Waals surface area contributed by atoms with Gasteiger partial charge in [-0.05, 0) is 30.7 Å². The fraction of sp³-hybridized carbons (Fsp3) is 0.167. The molecule has 0 fully saturated rings. The molecule has 0 aliphatic heterocycles. The van der Waals surface area contributed by atoms with Crippen LogP contribution in [0.1, 0.15) is 16.1 Å². The molecule has 0 aliphatic rings. The normalized spacial score (nSPS) is 9.89. The van der Waals surface area contributed by atoms with Crippen molar-refractivity contribution in [2.75, 3.05) is 17.7 Å². The minimum atomic E-state index is -0.304. The van der Waals surface area contributed by atoms with Crippen molar-refractivity contribution in [3.63, 3.8) is 0 Å². The summed E-state index contributed by atoms with van der Waals surface area (Å²) in [7, 11) is 1.74. The molecule has 0 saturated carbocycles. The fourth-order valence-electron chi connectivity index (χ4n) is 1.37. The van der Waals surface area contributed by atoms with Crippen LogP contribution < -0.4 is 10.6 Å². The molecule has 2 aromatic rings. The summed E-state index contributed by atoms with van der Waals surface area (Å²) in [4.78, 5) is 15.9. The molecule has 0 aliphatic carbocycles. The van der Waals surface area contributed by atoms with Crippen molar-refractivity contribution in [1.29, 1.82) is 0 Å². The monoisotopic (exact) mass is 243 g/mol. The third kappa shape index (κ3) is 2.60. The number of anilines is 2. The maximum atomic E-state index is 11.9. The summed E-state index contributed by atoms with van der Waals surface area (Å²) in [5.74, 6) is 0.311. The third-order valence-electron chi connectivity index (χ3n) is 2.44. The van der Waals surface area contributed by atoms with E-state index in [9.17, 15) is 4.79 Å².